The highest BCUT2D eigenvalue weighted by atomic mass is 15.1. The molecular formula is C12H19N5. The molecule has 0 saturated heterocycles. The zero-order chi connectivity index (χ0) is 11.9. The molecule has 0 saturated carbocycles. The second-order valence-electron chi connectivity index (χ2n) is 3.95. The highest BCUT2D eigenvalue weighted by Gasteiger charge is 2.00. The zero-order valence-electron chi connectivity index (χ0n) is 10.2. The summed E-state index contributed by atoms with van der Waals surface area (Å²) in [6.07, 6.45) is 9.59. The SMILES string of the molecule is CCn1ccnc1CNCCCc1ncc[nH]1. The Morgan fingerprint density at radius 3 is 3.06 bits per heavy atom. The van der Waals surface area contributed by atoms with Crippen molar-refractivity contribution in [3.63, 3.8) is 0 Å². The van der Waals surface area contributed by atoms with Gasteiger partial charge in [-0.15, -0.1) is 0 Å². The smallest absolute Gasteiger partial charge is 0.122 e. The highest BCUT2D eigenvalue weighted by molar-refractivity contribution is 4.91. The van der Waals surface area contributed by atoms with E-state index in [9.17, 15) is 0 Å². The van der Waals surface area contributed by atoms with E-state index in [2.05, 4.69) is 31.8 Å². The Labute approximate surface area is 101 Å². The van der Waals surface area contributed by atoms with Crippen molar-refractivity contribution in [1.82, 2.24) is 24.8 Å². The molecule has 2 heterocycles. The lowest BCUT2D eigenvalue weighted by molar-refractivity contribution is 0.592. The number of H-pyrrole nitrogens is 1. The maximum Gasteiger partial charge on any atom is 0.122 e. The van der Waals surface area contributed by atoms with Gasteiger partial charge in [-0.05, 0) is 19.9 Å². The number of hydrogen-bond acceptors (Lipinski definition) is 3. The second-order valence-corrected chi connectivity index (χ2v) is 3.95. The summed E-state index contributed by atoms with van der Waals surface area (Å²) in [4.78, 5) is 11.6. The fraction of sp³-hybridized carbons (Fsp3) is 0.500. The van der Waals surface area contributed by atoms with Gasteiger partial charge in [-0.2, -0.15) is 0 Å². The average Bonchev–Trinajstić information content (AvgIpc) is 2.98. The second kappa shape index (κ2) is 6.20. The molecule has 2 rings (SSSR count). The van der Waals surface area contributed by atoms with Crippen LogP contribution in [0.25, 0.3) is 0 Å². The molecule has 0 bridgehead atoms. The van der Waals surface area contributed by atoms with Crippen molar-refractivity contribution >= 4 is 0 Å². The number of imidazole rings is 2. The summed E-state index contributed by atoms with van der Waals surface area (Å²) in [5.41, 5.74) is 0. The van der Waals surface area contributed by atoms with Crippen molar-refractivity contribution in [1.29, 1.82) is 0 Å². The first-order valence-electron chi connectivity index (χ1n) is 6.09. The van der Waals surface area contributed by atoms with Crippen LogP contribution >= 0.6 is 0 Å². The van der Waals surface area contributed by atoms with Crippen molar-refractivity contribution in [3.8, 4) is 0 Å². The molecule has 0 fully saturated rings. The molecule has 2 aromatic rings. The summed E-state index contributed by atoms with van der Waals surface area (Å²) in [5, 5.41) is 3.40. The molecule has 0 aliphatic rings. The highest BCUT2D eigenvalue weighted by Crippen LogP contribution is 1.97. The van der Waals surface area contributed by atoms with E-state index in [1.807, 2.05) is 18.6 Å². The van der Waals surface area contributed by atoms with E-state index in [4.69, 9.17) is 0 Å². The minimum atomic E-state index is 0.832. The molecule has 0 spiro atoms. The monoisotopic (exact) mass is 233 g/mol. The molecule has 0 atom stereocenters. The molecule has 92 valence electrons. The molecule has 0 aromatic carbocycles. The minimum Gasteiger partial charge on any atom is -0.349 e. The van der Waals surface area contributed by atoms with Crippen LogP contribution in [0, 0.1) is 0 Å². The normalized spacial score (nSPS) is 10.9. The van der Waals surface area contributed by atoms with Crippen LogP contribution in [-0.2, 0) is 19.5 Å². The Bertz CT molecular complexity index is 418. The predicted molar refractivity (Wildman–Crippen MR) is 66.5 cm³/mol. The standard InChI is InChI=1S/C12H19N5/c1-2-17-9-8-16-12(17)10-13-5-3-4-11-14-6-7-15-11/h6-9,13H,2-5,10H2,1H3,(H,14,15). The molecule has 0 amide bonds. The minimum absolute atomic E-state index is 0.832. The van der Waals surface area contributed by atoms with E-state index >= 15 is 0 Å². The van der Waals surface area contributed by atoms with Crippen LogP contribution in [0.15, 0.2) is 24.8 Å². The molecule has 5 nitrogen and oxygen atoms in total. The summed E-state index contributed by atoms with van der Waals surface area (Å²) < 4.78 is 2.15. The number of aromatic amines is 1. The molecule has 2 N–H and O–H groups in total. The van der Waals surface area contributed by atoms with Crippen LogP contribution in [0.4, 0.5) is 0 Å². The Morgan fingerprint density at radius 2 is 2.29 bits per heavy atom. The number of hydrogen-bond donors (Lipinski definition) is 2. The van der Waals surface area contributed by atoms with Gasteiger partial charge in [-0.1, -0.05) is 0 Å². The van der Waals surface area contributed by atoms with Gasteiger partial charge < -0.3 is 14.9 Å². The molecule has 0 aliphatic heterocycles. The Kier molecular flexibility index (Phi) is 4.32. The van der Waals surface area contributed by atoms with Gasteiger partial charge >= 0.3 is 0 Å². The molecule has 0 aliphatic carbocycles. The fourth-order valence-corrected chi connectivity index (χ4v) is 1.81. The van der Waals surface area contributed by atoms with Gasteiger partial charge in [-0.25, -0.2) is 9.97 Å². The van der Waals surface area contributed by atoms with Gasteiger partial charge in [0.1, 0.15) is 11.6 Å². The third-order valence-electron chi connectivity index (χ3n) is 2.75. The molecule has 5 heteroatoms. The zero-order valence-corrected chi connectivity index (χ0v) is 10.2. The van der Waals surface area contributed by atoms with Crippen molar-refractivity contribution in [2.24, 2.45) is 0 Å². The van der Waals surface area contributed by atoms with E-state index in [1.165, 1.54) is 0 Å². The first-order chi connectivity index (χ1) is 8.40. The van der Waals surface area contributed by atoms with E-state index in [1.54, 1.807) is 6.20 Å². The quantitative estimate of drug-likeness (QED) is 0.710. The molecule has 17 heavy (non-hydrogen) atoms. The van der Waals surface area contributed by atoms with Crippen LogP contribution in [0.2, 0.25) is 0 Å². The van der Waals surface area contributed by atoms with Gasteiger partial charge in [0, 0.05) is 37.8 Å². The third-order valence-corrected chi connectivity index (χ3v) is 2.75. The van der Waals surface area contributed by atoms with E-state index in [0.717, 1.165) is 44.1 Å². The van der Waals surface area contributed by atoms with Crippen LogP contribution in [0.1, 0.15) is 25.0 Å². The van der Waals surface area contributed by atoms with Crippen molar-refractivity contribution in [2.45, 2.75) is 32.9 Å². The van der Waals surface area contributed by atoms with Crippen LogP contribution in [-0.4, -0.2) is 26.1 Å². The summed E-state index contributed by atoms with van der Waals surface area (Å²) in [5.74, 6) is 2.16. The van der Waals surface area contributed by atoms with Crippen LogP contribution < -0.4 is 5.32 Å². The molecular weight excluding hydrogens is 214 g/mol. The maximum atomic E-state index is 4.32. The lowest BCUT2D eigenvalue weighted by atomic mass is 10.3. The van der Waals surface area contributed by atoms with Crippen molar-refractivity contribution in [2.75, 3.05) is 6.54 Å². The number of aromatic nitrogens is 4. The first-order valence-corrected chi connectivity index (χ1v) is 6.09. The number of nitrogens with zero attached hydrogens (tertiary/aromatic N) is 3. The summed E-state index contributed by atoms with van der Waals surface area (Å²) in [7, 11) is 0. The average molecular weight is 233 g/mol. The van der Waals surface area contributed by atoms with Gasteiger partial charge in [0.25, 0.3) is 0 Å². The third kappa shape index (κ3) is 3.42. The molecule has 0 unspecified atom stereocenters. The Hall–Kier alpha value is -1.62. The summed E-state index contributed by atoms with van der Waals surface area (Å²) in [6, 6.07) is 0. The van der Waals surface area contributed by atoms with E-state index in [-0.39, 0.29) is 0 Å². The first kappa shape index (κ1) is 11.9. The van der Waals surface area contributed by atoms with Gasteiger partial charge in [0.05, 0.1) is 6.54 Å². The van der Waals surface area contributed by atoms with E-state index < -0.39 is 0 Å². The number of rotatable bonds is 7. The Morgan fingerprint density at radius 1 is 1.35 bits per heavy atom. The summed E-state index contributed by atoms with van der Waals surface area (Å²) in [6.45, 7) is 4.92. The topological polar surface area (TPSA) is 58.5 Å². The molecule has 0 radical (unpaired) electrons. The van der Waals surface area contributed by atoms with Crippen LogP contribution in [0.3, 0.4) is 0 Å². The molecule has 2 aromatic heterocycles. The van der Waals surface area contributed by atoms with Gasteiger partial charge in [-0.3, -0.25) is 0 Å². The summed E-state index contributed by atoms with van der Waals surface area (Å²) >= 11 is 0. The van der Waals surface area contributed by atoms with Gasteiger partial charge in [0.15, 0.2) is 0 Å². The largest absolute Gasteiger partial charge is 0.349 e. The van der Waals surface area contributed by atoms with Crippen molar-refractivity contribution < 1.29 is 0 Å². The van der Waals surface area contributed by atoms with Crippen molar-refractivity contribution in [3.05, 3.63) is 36.4 Å². The lowest BCUT2D eigenvalue weighted by Gasteiger charge is -2.06. The van der Waals surface area contributed by atoms with E-state index in [0.29, 0.717) is 0 Å². The number of nitrogens with one attached hydrogen (secondary N) is 2. The lowest BCUT2D eigenvalue weighted by Crippen LogP contribution is -2.18. The Balaban J connectivity index is 1.63. The predicted octanol–water partition coefficient (Wildman–Crippen LogP) is 1.35. The van der Waals surface area contributed by atoms with Crippen LogP contribution in [0.5, 0.6) is 0 Å². The maximum absolute atomic E-state index is 4.32. The fourth-order valence-electron chi connectivity index (χ4n) is 1.81. The number of aryl methyl sites for hydroxylation is 2. The van der Waals surface area contributed by atoms with Gasteiger partial charge in [0.2, 0.25) is 0 Å².